The lowest BCUT2D eigenvalue weighted by Crippen LogP contribution is -2.46. The van der Waals surface area contributed by atoms with Crippen molar-refractivity contribution in [2.45, 2.75) is 12.5 Å². The Balaban J connectivity index is 0.00000144. The van der Waals surface area contributed by atoms with E-state index in [-0.39, 0.29) is 24.8 Å². The number of nitrogens with zero attached hydrogens (tertiary/aromatic N) is 1. The van der Waals surface area contributed by atoms with Crippen LogP contribution in [0.25, 0.3) is 0 Å². The van der Waals surface area contributed by atoms with Gasteiger partial charge in [0.2, 0.25) is 0 Å². The van der Waals surface area contributed by atoms with Gasteiger partial charge in [0.05, 0.1) is 0 Å². The first-order valence-electron chi connectivity index (χ1n) is 5.16. The third-order valence-electron chi connectivity index (χ3n) is 2.70. The van der Waals surface area contributed by atoms with Crippen molar-refractivity contribution < 1.29 is 8.78 Å². The van der Waals surface area contributed by atoms with E-state index in [4.69, 9.17) is 0 Å². The van der Waals surface area contributed by atoms with Gasteiger partial charge in [0.15, 0.2) is 0 Å². The number of hydrogen-bond donors (Lipinski definition) is 1. The van der Waals surface area contributed by atoms with Gasteiger partial charge in [0.25, 0.3) is 6.43 Å². The Hall–Kier alpha value is 0.540. The van der Waals surface area contributed by atoms with Crippen molar-refractivity contribution in [2.75, 3.05) is 26.2 Å². The third kappa shape index (κ3) is 4.28. The molecule has 0 unspecified atom stereocenters. The molecule has 1 aromatic rings. The molecule has 2 rings (SSSR count). The van der Waals surface area contributed by atoms with Gasteiger partial charge in [-0.1, -0.05) is 0 Å². The van der Waals surface area contributed by atoms with Gasteiger partial charge in [0, 0.05) is 35.5 Å². The normalized spacial score (nSPS) is 18.0. The highest BCUT2D eigenvalue weighted by Gasteiger charge is 2.32. The second-order valence-electron chi connectivity index (χ2n) is 3.70. The fourth-order valence-corrected chi connectivity index (χ4v) is 3.66. The van der Waals surface area contributed by atoms with Crippen LogP contribution in [0, 0.1) is 0 Å². The SMILES string of the molecule is Cl.Cl.FC(F)[C@H](c1sccc1Br)N1CCNCC1. The highest BCUT2D eigenvalue weighted by Crippen LogP contribution is 2.36. The highest BCUT2D eigenvalue weighted by atomic mass is 79.9. The van der Waals surface area contributed by atoms with E-state index in [0.717, 1.165) is 22.4 Å². The summed E-state index contributed by atoms with van der Waals surface area (Å²) in [4.78, 5) is 2.59. The quantitative estimate of drug-likeness (QED) is 0.858. The summed E-state index contributed by atoms with van der Waals surface area (Å²) >= 11 is 4.73. The average Bonchev–Trinajstić information content (AvgIpc) is 2.66. The van der Waals surface area contributed by atoms with Crippen molar-refractivity contribution in [2.24, 2.45) is 0 Å². The molecule has 0 amide bonds. The van der Waals surface area contributed by atoms with Gasteiger partial charge >= 0.3 is 0 Å². The first-order valence-corrected chi connectivity index (χ1v) is 6.83. The molecule has 2 heterocycles. The Morgan fingerprint density at radius 1 is 1.28 bits per heavy atom. The van der Waals surface area contributed by atoms with Gasteiger partial charge < -0.3 is 5.32 Å². The first kappa shape index (κ1) is 18.5. The molecular formula is C10H15BrCl2F2N2S. The summed E-state index contributed by atoms with van der Waals surface area (Å²) in [5, 5.41) is 5.02. The van der Waals surface area contributed by atoms with Crippen LogP contribution in [0.3, 0.4) is 0 Å². The highest BCUT2D eigenvalue weighted by molar-refractivity contribution is 9.10. The maximum atomic E-state index is 13.2. The Kier molecular flexibility index (Phi) is 8.92. The predicted molar refractivity (Wildman–Crippen MR) is 79.7 cm³/mol. The number of alkyl halides is 2. The maximum Gasteiger partial charge on any atom is 0.258 e. The van der Waals surface area contributed by atoms with Crippen molar-refractivity contribution in [1.29, 1.82) is 0 Å². The molecule has 1 aliphatic rings. The minimum Gasteiger partial charge on any atom is -0.314 e. The molecule has 1 aromatic heterocycles. The molecule has 1 fully saturated rings. The largest absolute Gasteiger partial charge is 0.314 e. The smallest absolute Gasteiger partial charge is 0.258 e. The van der Waals surface area contributed by atoms with Crippen LogP contribution in [0.4, 0.5) is 8.78 Å². The summed E-state index contributed by atoms with van der Waals surface area (Å²) in [5.41, 5.74) is 0. The van der Waals surface area contributed by atoms with Crippen LogP contribution in [-0.2, 0) is 0 Å². The number of hydrogen-bond acceptors (Lipinski definition) is 3. The fraction of sp³-hybridized carbons (Fsp3) is 0.600. The summed E-state index contributed by atoms with van der Waals surface area (Å²) < 4.78 is 27.1. The molecule has 106 valence electrons. The number of halogens is 5. The predicted octanol–water partition coefficient (Wildman–Crippen LogP) is 3.57. The van der Waals surface area contributed by atoms with Crippen molar-refractivity contribution in [1.82, 2.24) is 10.2 Å². The van der Waals surface area contributed by atoms with Crippen molar-refractivity contribution in [3.05, 3.63) is 20.8 Å². The number of thiophene rings is 1. The summed E-state index contributed by atoms with van der Waals surface area (Å²) in [5.74, 6) is 0. The average molecular weight is 384 g/mol. The van der Waals surface area contributed by atoms with Gasteiger partial charge in [-0.2, -0.15) is 0 Å². The van der Waals surface area contributed by atoms with E-state index in [1.165, 1.54) is 11.3 Å². The van der Waals surface area contributed by atoms with E-state index < -0.39 is 12.5 Å². The summed E-state index contributed by atoms with van der Waals surface area (Å²) in [7, 11) is 0. The van der Waals surface area contributed by atoms with Crippen LogP contribution in [0.5, 0.6) is 0 Å². The molecule has 1 saturated heterocycles. The van der Waals surface area contributed by atoms with Gasteiger partial charge in [-0.15, -0.1) is 36.2 Å². The number of rotatable bonds is 3. The van der Waals surface area contributed by atoms with Crippen molar-refractivity contribution >= 4 is 52.1 Å². The van der Waals surface area contributed by atoms with Crippen molar-refractivity contribution in [3.63, 3.8) is 0 Å². The Morgan fingerprint density at radius 3 is 2.33 bits per heavy atom. The first-order chi connectivity index (χ1) is 7.70. The topological polar surface area (TPSA) is 15.3 Å². The summed E-state index contributed by atoms with van der Waals surface area (Å²) in [6.45, 7) is 2.93. The molecule has 1 aliphatic heterocycles. The minimum absolute atomic E-state index is 0. The van der Waals surface area contributed by atoms with Gasteiger partial charge in [-0.05, 0) is 27.4 Å². The molecule has 0 spiro atoms. The molecule has 0 aromatic carbocycles. The molecule has 0 aliphatic carbocycles. The van der Waals surface area contributed by atoms with Gasteiger partial charge in [0.1, 0.15) is 6.04 Å². The molecule has 0 bridgehead atoms. The van der Waals surface area contributed by atoms with E-state index in [9.17, 15) is 8.78 Å². The Labute approximate surface area is 130 Å². The minimum atomic E-state index is -2.34. The van der Waals surface area contributed by atoms with Crippen LogP contribution in [0.15, 0.2) is 15.9 Å². The zero-order valence-corrected chi connectivity index (χ0v) is 13.5. The molecule has 1 N–H and O–H groups in total. The molecule has 18 heavy (non-hydrogen) atoms. The van der Waals surface area contributed by atoms with Crippen LogP contribution in [0.2, 0.25) is 0 Å². The van der Waals surface area contributed by atoms with Crippen LogP contribution < -0.4 is 5.32 Å². The summed E-state index contributed by atoms with van der Waals surface area (Å²) in [6, 6.07) is 1.06. The van der Waals surface area contributed by atoms with E-state index in [1.807, 2.05) is 16.3 Å². The van der Waals surface area contributed by atoms with E-state index in [0.29, 0.717) is 13.1 Å². The molecule has 0 saturated carbocycles. The van der Waals surface area contributed by atoms with Crippen LogP contribution in [-0.4, -0.2) is 37.5 Å². The van der Waals surface area contributed by atoms with E-state index >= 15 is 0 Å². The Morgan fingerprint density at radius 2 is 1.89 bits per heavy atom. The van der Waals surface area contributed by atoms with Gasteiger partial charge in [-0.3, -0.25) is 4.90 Å². The molecular weight excluding hydrogens is 369 g/mol. The second-order valence-corrected chi connectivity index (χ2v) is 5.50. The van der Waals surface area contributed by atoms with Crippen LogP contribution >= 0.6 is 52.1 Å². The maximum absolute atomic E-state index is 13.2. The molecule has 8 heteroatoms. The lowest BCUT2D eigenvalue weighted by Gasteiger charge is -2.34. The fourth-order valence-electron chi connectivity index (χ4n) is 1.92. The van der Waals surface area contributed by atoms with Crippen LogP contribution in [0.1, 0.15) is 10.9 Å². The zero-order valence-electron chi connectivity index (χ0n) is 9.44. The van der Waals surface area contributed by atoms with Crippen molar-refractivity contribution in [3.8, 4) is 0 Å². The molecule has 1 atom stereocenters. The monoisotopic (exact) mass is 382 g/mol. The molecule has 0 radical (unpaired) electrons. The molecule has 2 nitrogen and oxygen atoms in total. The Bertz CT molecular complexity index is 348. The standard InChI is InChI=1S/C10H13BrF2N2S.2ClH/c11-7-1-6-16-9(7)8(10(12)13)15-4-2-14-3-5-15;;/h1,6,8,10,14H,2-5H2;2*1H/t8-;;/m0../s1. The second kappa shape index (κ2) is 8.66. The lowest BCUT2D eigenvalue weighted by atomic mass is 10.2. The van der Waals surface area contributed by atoms with Gasteiger partial charge in [-0.25, -0.2) is 8.78 Å². The third-order valence-corrected chi connectivity index (χ3v) is 4.64. The number of nitrogens with one attached hydrogen (secondary N) is 1. The zero-order chi connectivity index (χ0) is 11.5. The summed E-state index contributed by atoms with van der Waals surface area (Å²) in [6.07, 6.45) is -2.34. The van der Waals surface area contributed by atoms with E-state index in [1.54, 1.807) is 0 Å². The lowest BCUT2D eigenvalue weighted by molar-refractivity contribution is 0.0196. The van der Waals surface area contributed by atoms with E-state index in [2.05, 4.69) is 21.2 Å². The number of piperazine rings is 1.